The van der Waals surface area contributed by atoms with Gasteiger partial charge in [0.2, 0.25) is 5.91 Å². The van der Waals surface area contributed by atoms with Crippen LogP contribution in [0.2, 0.25) is 0 Å². The second-order valence-electron chi connectivity index (χ2n) is 7.23. The van der Waals surface area contributed by atoms with Gasteiger partial charge in [0.05, 0.1) is 23.5 Å². The van der Waals surface area contributed by atoms with Crippen LogP contribution in [0.25, 0.3) is 5.57 Å². The van der Waals surface area contributed by atoms with Gasteiger partial charge in [-0.15, -0.1) is 0 Å². The number of nitrogens with two attached hydrogens (primary N) is 1. The lowest BCUT2D eigenvalue weighted by atomic mass is 10.0. The molecule has 31 heavy (non-hydrogen) atoms. The number of carbonyl (C=O) groups excluding carboxylic acids is 1. The zero-order chi connectivity index (χ0) is 22.8. The Morgan fingerprint density at radius 3 is 2.48 bits per heavy atom. The van der Waals surface area contributed by atoms with Crippen LogP contribution in [0.4, 0.5) is 19.0 Å². The van der Waals surface area contributed by atoms with E-state index in [1.807, 2.05) is 0 Å². The van der Waals surface area contributed by atoms with Gasteiger partial charge >= 0.3 is 6.18 Å². The average Bonchev–Trinajstić information content (AvgIpc) is 3.01. The van der Waals surface area contributed by atoms with Crippen molar-refractivity contribution in [2.75, 3.05) is 37.6 Å². The number of aromatic nitrogens is 1. The van der Waals surface area contributed by atoms with E-state index in [0.717, 1.165) is 24.9 Å². The number of nitrogens with zero attached hydrogens (tertiary/aromatic N) is 5. The molecule has 2 saturated heterocycles. The lowest BCUT2D eigenvalue weighted by Crippen LogP contribution is -2.38. The molecular weight excluding hydrogens is 417 g/mol. The molecule has 0 radical (unpaired) electrons. The van der Waals surface area contributed by atoms with Crippen molar-refractivity contribution in [1.29, 1.82) is 5.26 Å². The van der Waals surface area contributed by atoms with Gasteiger partial charge in [-0.05, 0) is 12.5 Å². The molecule has 0 aliphatic carbocycles. The number of halogens is 3. The number of aliphatic hydroxyl groups is 2. The zero-order valence-corrected chi connectivity index (χ0v) is 16.4. The quantitative estimate of drug-likeness (QED) is 0.555. The van der Waals surface area contributed by atoms with E-state index in [2.05, 4.69) is 9.98 Å². The number of likely N-dealkylation sites (tertiary alicyclic amines) is 1. The first-order valence-electron chi connectivity index (χ1n) is 9.49. The number of hydrogen-bond acceptors (Lipinski definition) is 8. The number of hydrogen-bond donors (Lipinski definition) is 3. The molecule has 3 rings (SSSR count). The number of aliphatic imine (C=N–C) groups is 1. The van der Waals surface area contributed by atoms with Gasteiger partial charge in [0.25, 0.3) is 0 Å². The monoisotopic (exact) mass is 438 g/mol. The SMILES string of the molecule is N#Cc1c(C(F)(F)F)cc(/C(C=NCC(=O)N2CC(O)C(O)C2)=C/N)nc1N1CCC1. The number of pyridine rings is 1. The minimum atomic E-state index is -4.77. The highest BCUT2D eigenvalue weighted by atomic mass is 19.4. The van der Waals surface area contributed by atoms with Crippen molar-refractivity contribution < 1.29 is 28.2 Å². The van der Waals surface area contributed by atoms with Crippen LogP contribution in [0.5, 0.6) is 0 Å². The number of aliphatic hydroxyl groups excluding tert-OH is 2. The Balaban J connectivity index is 1.85. The van der Waals surface area contributed by atoms with Crippen LogP contribution < -0.4 is 10.6 Å². The van der Waals surface area contributed by atoms with Gasteiger partial charge in [0, 0.05) is 44.2 Å². The minimum Gasteiger partial charge on any atom is -0.404 e. The molecule has 1 amide bonds. The molecule has 12 heteroatoms. The largest absolute Gasteiger partial charge is 0.417 e. The normalized spacial score (nSPS) is 22.0. The summed E-state index contributed by atoms with van der Waals surface area (Å²) in [7, 11) is 0. The van der Waals surface area contributed by atoms with Crippen LogP contribution in [0.3, 0.4) is 0 Å². The molecule has 0 saturated carbocycles. The van der Waals surface area contributed by atoms with Gasteiger partial charge in [0.1, 0.15) is 24.0 Å². The van der Waals surface area contributed by atoms with E-state index in [1.165, 1.54) is 4.90 Å². The molecule has 0 bridgehead atoms. The Bertz CT molecular complexity index is 942. The molecule has 2 aliphatic rings. The molecule has 0 spiro atoms. The molecular formula is C19H21F3N6O3. The van der Waals surface area contributed by atoms with Crippen LogP contribution in [-0.2, 0) is 11.0 Å². The molecule has 2 aliphatic heterocycles. The second kappa shape index (κ2) is 8.91. The van der Waals surface area contributed by atoms with Crippen LogP contribution in [0.15, 0.2) is 17.3 Å². The number of β-amino-alcohol motifs (C(OH)–C–C–N with tert-alkyl or cyclic N) is 2. The first-order valence-corrected chi connectivity index (χ1v) is 9.49. The van der Waals surface area contributed by atoms with Gasteiger partial charge in [-0.2, -0.15) is 18.4 Å². The Hall–Kier alpha value is -3.17. The summed E-state index contributed by atoms with van der Waals surface area (Å²) in [5.74, 6) is -0.532. The summed E-state index contributed by atoms with van der Waals surface area (Å²) in [5.41, 5.74) is 3.82. The molecule has 4 N–H and O–H groups in total. The fourth-order valence-electron chi connectivity index (χ4n) is 3.26. The third-order valence-electron chi connectivity index (χ3n) is 5.12. The van der Waals surface area contributed by atoms with Crippen LogP contribution in [-0.4, -0.2) is 77.2 Å². The Labute approximate surface area is 175 Å². The Morgan fingerprint density at radius 2 is 2.00 bits per heavy atom. The zero-order valence-electron chi connectivity index (χ0n) is 16.4. The minimum absolute atomic E-state index is 0.0274. The lowest BCUT2D eigenvalue weighted by molar-refractivity contribution is -0.137. The third-order valence-corrected chi connectivity index (χ3v) is 5.12. The molecule has 1 aromatic rings. The predicted octanol–water partition coefficient (Wildman–Crippen LogP) is 0.117. The molecule has 166 valence electrons. The van der Waals surface area contributed by atoms with Gasteiger partial charge in [-0.25, -0.2) is 4.98 Å². The van der Waals surface area contributed by atoms with Crippen molar-refractivity contribution in [2.24, 2.45) is 10.7 Å². The fourth-order valence-corrected chi connectivity index (χ4v) is 3.26. The van der Waals surface area contributed by atoms with Crippen molar-refractivity contribution in [3.05, 3.63) is 29.1 Å². The van der Waals surface area contributed by atoms with E-state index < -0.39 is 35.4 Å². The molecule has 2 fully saturated rings. The van der Waals surface area contributed by atoms with Crippen LogP contribution in [0.1, 0.15) is 23.2 Å². The summed E-state index contributed by atoms with van der Waals surface area (Å²) in [6.07, 6.45) is -3.90. The number of nitriles is 1. The molecule has 1 aromatic heterocycles. The molecule has 0 aromatic carbocycles. The molecule has 9 nitrogen and oxygen atoms in total. The van der Waals surface area contributed by atoms with E-state index in [0.29, 0.717) is 13.1 Å². The van der Waals surface area contributed by atoms with E-state index >= 15 is 0 Å². The second-order valence-corrected chi connectivity index (χ2v) is 7.23. The Morgan fingerprint density at radius 1 is 1.35 bits per heavy atom. The van der Waals surface area contributed by atoms with Crippen molar-refractivity contribution in [1.82, 2.24) is 9.88 Å². The molecule has 3 heterocycles. The fraction of sp³-hybridized carbons (Fsp3) is 0.474. The number of amides is 1. The van der Waals surface area contributed by atoms with E-state index in [4.69, 9.17) is 5.73 Å². The maximum absolute atomic E-state index is 13.6. The average molecular weight is 438 g/mol. The maximum Gasteiger partial charge on any atom is 0.417 e. The maximum atomic E-state index is 13.6. The summed E-state index contributed by atoms with van der Waals surface area (Å²) in [5, 5.41) is 28.3. The van der Waals surface area contributed by atoms with Crippen LogP contribution >= 0.6 is 0 Å². The number of alkyl halides is 3. The first-order chi connectivity index (χ1) is 14.7. The summed E-state index contributed by atoms with van der Waals surface area (Å²) >= 11 is 0. The highest BCUT2D eigenvalue weighted by Gasteiger charge is 2.37. The first kappa shape index (κ1) is 22.5. The highest BCUT2D eigenvalue weighted by molar-refractivity contribution is 6.09. The van der Waals surface area contributed by atoms with Gasteiger partial charge in [-0.1, -0.05) is 0 Å². The predicted molar refractivity (Wildman–Crippen MR) is 105 cm³/mol. The molecule has 2 atom stereocenters. The number of allylic oxidation sites excluding steroid dienone is 1. The highest BCUT2D eigenvalue weighted by Crippen LogP contribution is 2.37. The summed E-state index contributed by atoms with van der Waals surface area (Å²) in [4.78, 5) is 23.1. The van der Waals surface area contributed by atoms with Gasteiger partial charge < -0.3 is 25.7 Å². The van der Waals surface area contributed by atoms with Crippen LogP contribution in [0, 0.1) is 11.3 Å². The smallest absolute Gasteiger partial charge is 0.404 e. The van der Waals surface area contributed by atoms with Crippen molar-refractivity contribution >= 4 is 23.5 Å². The van der Waals surface area contributed by atoms with E-state index in [-0.39, 0.29) is 36.7 Å². The molecule has 2 unspecified atom stereocenters. The summed E-state index contributed by atoms with van der Waals surface area (Å²) in [6, 6.07) is 2.34. The number of anilines is 1. The van der Waals surface area contributed by atoms with Crippen molar-refractivity contribution in [3.8, 4) is 6.07 Å². The van der Waals surface area contributed by atoms with Crippen molar-refractivity contribution in [2.45, 2.75) is 24.8 Å². The third kappa shape index (κ3) is 4.78. The Kier molecular flexibility index (Phi) is 6.47. The van der Waals surface area contributed by atoms with Crippen molar-refractivity contribution in [3.63, 3.8) is 0 Å². The summed E-state index contributed by atoms with van der Waals surface area (Å²) in [6.45, 7) is 0.569. The topological polar surface area (TPSA) is 139 Å². The standard InChI is InChI=1S/C19H21F3N6O3/c20-19(21,22)13-4-14(26-18(12(13)6-24)27-2-1-3-27)11(5-23)7-25-8-17(31)28-9-15(29)16(30)10-28/h4-5,7,15-16,29-30H,1-3,8-10,23H2/b11-5+,25-7?. The summed E-state index contributed by atoms with van der Waals surface area (Å²) < 4.78 is 40.7. The van der Waals surface area contributed by atoms with Gasteiger partial charge in [-0.3, -0.25) is 9.79 Å². The number of carbonyl (C=O) groups is 1. The van der Waals surface area contributed by atoms with Gasteiger partial charge in [0.15, 0.2) is 0 Å². The van der Waals surface area contributed by atoms with E-state index in [9.17, 15) is 33.4 Å². The number of rotatable bonds is 5. The lowest BCUT2D eigenvalue weighted by Gasteiger charge is -2.33. The van der Waals surface area contributed by atoms with E-state index in [1.54, 1.807) is 11.0 Å².